The second-order valence-electron chi connectivity index (χ2n) is 14.9. The van der Waals surface area contributed by atoms with Crippen LogP contribution in [-0.2, 0) is 4.79 Å². The van der Waals surface area contributed by atoms with Crippen molar-refractivity contribution in [1.29, 1.82) is 10.5 Å². The van der Waals surface area contributed by atoms with Gasteiger partial charge in [-0.3, -0.25) is 19.9 Å². The predicted molar refractivity (Wildman–Crippen MR) is 207 cm³/mol. The number of piperazine rings is 1. The van der Waals surface area contributed by atoms with Gasteiger partial charge in [-0.05, 0) is 76.6 Å². The monoisotopic (exact) mass is 753 g/mol. The van der Waals surface area contributed by atoms with Gasteiger partial charge < -0.3 is 10.2 Å². The molecule has 3 fully saturated rings. The number of fused-ring (bicyclic) bond motifs is 1. The van der Waals surface area contributed by atoms with Crippen LogP contribution in [0, 0.1) is 28.6 Å². The Kier molecular flexibility index (Phi) is 10.2. The van der Waals surface area contributed by atoms with Crippen molar-refractivity contribution in [2.45, 2.75) is 70.4 Å². The number of urea groups is 1. The van der Waals surface area contributed by atoms with Gasteiger partial charge in [-0.25, -0.2) is 24.4 Å². The molecule has 3 amide bonds. The highest BCUT2D eigenvalue weighted by molar-refractivity contribution is 6.05. The number of nitrogens with zero attached hydrogens (tertiary/aromatic N) is 13. The van der Waals surface area contributed by atoms with E-state index in [-0.39, 0.29) is 12.3 Å². The van der Waals surface area contributed by atoms with Crippen molar-refractivity contribution in [2.24, 2.45) is 5.92 Å². The molecular formula is C39H43N15O2. The summed E-state index contributed by atoms with van der Waals surface area (Å²) in [7, 11) is 0. The van der Waals surface area contributed by atoms with Gasteiger partial charge in [0.05, 0.1) is 53.5 Å². The highest BCUT2D eigenvalue weighted by atomic mass is 16.2. The van der Waals surface area contributed by atoms with E-state index < -0.39 is 12.1 Å². The Morgan fingerprint density at radius 2 is 1.82 bits per heavy atom. The van der Waals surface area contributed by atoms with Crippen LogP contribution in [0.2, 0.25) is 0 Å². The number of aromatic nitrogens is 8. The fraction of sp³-hybridized carbons (Fsp3) is 0.436. The summed E-state index contributed by atoms with van der Waals surface area (Å²) in [5, 5.41) is 38.7. The van der Waals surface area contributed by atoms with Gasteiger partial charge in [-0.1, -0.05) is 5.21 Å². The van der Waals surface area contributed by atoms with E-state index in [4.69, 9.17) is 0 Å². The fourth-order valence-electron chi connectivity index (χ4n) is 8.06. The number of rotatable bonds is 10. The number of hydrogen-bond acceptors (Lipinski definition) is 13. The van der Waals surface area contributed by atoms with E-state index >= 15 is 0 Å². The molecule has 0 spiro atoms. The van der Waals surface area contributed by atoms with E-state index in [1.54, 1.807) is 45.8 Å². The second-order valence-corrected chi connectivity index (χ2v) is 14.9. The average molecular weight is 754 g/mol. The smallest absolute Gasteiger partial charge is 0.328 e. The van der Waals surface area contributed by atoms with Gasteiger partial charge >= 0.3 is 6.03 Å². The number of imide groups is 1. The van der Waals surface area contributed by atoms with Gasteiger partial charge in [0, 0.05) is 62.2 Å². The molecule has 5 aromatic heterocycles. The van der Waals surface area contributed by atoms with E-state index in [2.05, 4.69) is 69.9 Å². The summed E-state index contributed by atoms with van der Waals surface area (Å²) < 4.78 is 3.34. The lowest BCUT2D eigenvalue weighted by molar-refractivity contribution is -0.120. The molecule has 1 saturated carbocycles. The quantitative estimate of drug-likeness (QED) is 0.205. The largest absolute Gasteiger partial charge is 0.368 e. The predicted octanol–water partition coefficient (Wildman–Crippen LogP) is 4.31. The van der Waals surface area contributed by atoms with Crippen LogP contribution in [0.4, 0.5) is 22.0 Å². The first-order chi connectivity index (χ1) is 27.3. The van der Waals surface area contributed by atoms with Crippen molar-refractivity contribution in [3.05, 3.63) is 66.5 Å². The van der Waals surface area contributed by atoms with Gasteiger partial charge in [-0.15, -0.1) is 5.10 Å². The number of anilines is 3. The molecule has 2 aliphatic heterocycles. The highest BCUT2D eigenvalue weighted by Gasteiger charge is 2.29. The maximum Gasteiger partial charge on any atom is 0.328 e. The first kappa shape index (κ1) is 36.5. The molecule has 17 heteroatoms. The molecule has 0 aromatic carbocycles. The molecule has 56 heavy (non-hydrogen) atoms. The lowest BCUT2D eigenvalue weighted by Gasteiger charge is -2.41. The molecule has 17 nitrogen and oxygen atoms in total. The maximum absolute atomic E-state index is 12.2. The zero-order chi connectivity index (χ0) is 38.8. The number of carbonyl (C=O) groups is 2. The number of amides is 3. The van der Waals surface area contributed by atoms with Crippen LogP contribution in [0.15, 0.2) is 55.2 Å². The van der Waals surface area contributed by atoms with E-state index in [0.29, 0.717) is 58.5 Å². The molecule has 0 bridgehead atoms. The molecule has 0 radical (unpaired) electrons. The Morgan fingerprint density at radius 3 is 2.57 bits per heavy atom. The van der Waals surface area contributed by atoms with Gasteiger partial charge in [0.15, 0.2) is 11.5 Å². The minimum absolute atomic E-state index is 0.247. The lowest BCUT2D eigenvalue weighted by atomic mass is 9.79. The summed E-state index contributed by atoms with van der Waals surface area (Å²) in [6.45, 7) is 8.29. The molecule has 8 rings (SSSR count). The summed E-state index contributed by atoms with van der Waals surface area (Å²) in [6.07, 6.45) is 14.4. The van der Waals surface area contributed by atoms with Crippen molar-refractivity contribution < 1.29 is 9.59 Å². The Bertz CT molecular complexity index is 2310. The molecule has 5 aromatic rings. The first-order valence-corrected chi connectivity index (χ1v) is 19.2. The van der Waals surface area contributed by atoms with E-state index in [1.807, 2.05) is 24.4 Å². The summed E-state index contributed by atoms with van der Waals surface area (Å²) >= 11 is 0. The zero-order valence-electron chi connectivity index (χ0n) is 31.4. The number of pyridine rings is 3. The van der Waals surface area contributed by atoms with Gasteiger partial charge in [0.25, 0.3) is 0 Å². The summed E-state index contributed by atoms with van der Waals surface area (Å²) in [6, 6.07) is 11.2. The van der Waals surface area contributed by atoms with Crippen LogP contribution in [0.1, 0.15) is 69.5 Å². The average Bonchev–Trinajstić information content (AvgIpc) is 3.88. The standard InChI is InChI=1S/C39H43N15O2/c1-25(17-40)46-32-16-36(54-38-30(20-45-54)15-28(18-41)19-44-38)43-22-34(32)53-24-33(48-49-53)29-5-3-27(4-6-29)9-11-50-13-14-51(26(2)23-50)35-8-7-31(21-42-35)52-12-10-37(55)47-39(52)56/h7-8,15-16,19-22,24-27,29H,3-6,9-14,23H2,1-2H3,(H,43,46)(H,47,55,56)/t25-,26-,27?,29?/m1/s1. The van der Waals surface area contributed by atoms with Crippen molar-refractivity contribution in [3.63, 3.8) is 0 Å². The van der Waals surface area contributed by atoms with Crippen LogP contribution in [0.25, 0.3) is 22.5 Å². The highest BCUT2D eigenvalue weighted by Crippen LogP contribution is 2.37. The topological polar surface area (TPSA) is 203 Å². The Morgan fingerprint density at radius 1 is 0.982 bits per heavy atom. The molecule has 2 saturated heterocycles. The number of carbonyl (C=O) groups excluding carboxylic acids is 2. The van der Waals surface area contributed by atoms with Gasteiger partial charge in [0.2, 0.25) is 5.91 Å². The summed E-state index contributed by atoms with van der Waals surface area (Å²) in [5.74, 6) is 2.17. The van der Waals surface area contributed by atoms with Crippen LogP contribution in [0.5, 0.6) is 0 Å². The lowest BCUT2D eigenvalue weighted by Crippen LogP contribution is -2.52. The van der Waals surface area contributed by atoms with E-state index in [0.717, 1.165) is 68.8 Å². The van der Waals surface area contributed by atoms with E-state index in [9.17, 15) is 20.1 Å². The number of hydrogen-bond donors (Lipinski definition) is 2. The van der Waals surface area contributed by atoms with Crippen molar-refractivity contribution in [2.75, 3.05) is 47.8 Å². The molecule has 3 aliphatic rings. The van der Waals surface area contributed by atoms with Crippen molar-refractivity contribution in [1.82, 2.24) is 49.9 Å². The molecule has 0 unspecified atom stereocenters. The minimum Gasteiger partial charge on any atom is -0.368 e. The Balaban J connectivity index is 0.847. The third kappa shape index (κ3) is 7.58. The SMILES string of the molecule is C[C@H](C#N)Nc1cc(-n2ncc3cc(C#N)cnc32)ncc1-n1cc(C2CCC(CCN3CCN(c4ccc(N5CCC(=O)NC5=O)cn4)[C@H](C)C3)CC2)nn1. The Labute approximate surface area is 323 Å². The molecule has 286 valence electrons. The molecule has 2 N–H and O–H groups in total. The zero-order valence-corrected chi connectivity index (χ0v) is 31.4. The minimum atomic E-state index is -0.471. The van der Waals surface area contributed by atoms with Crippen LogP contribution in [0.3, 0.4) is 0 Å². The van der Waals surface area contributed by atoms with Gasteiger partial charge in [0.1, 0.15) is 23.6 Å². The number of nitrogens with one attached hydrogen (secondary N) is 2. The second kappa shape index (κ2) is 15.7. The first-order valence-electron chi connectivity index (χ1n) is 19.2. The molecule has 1 aliphatic carbocycles. The molecule has 7 heterocycles. The maximum atomic E-state index is 12.2. The van der Waals surface area contributed by atoms with Crippen molar-refractivity contribution in [3.8, 4) is 23.6 Å². The van der Waals surface area contributed by atoms with Gasteiger partial charge in [-0.2, -0.15) is 20.3 Å². The summed E-state index contributed by atoms with van der Waals surface area (Å²) in [4.78, 5) is 44.0. The van der Waals surface area contributed by atoms with Crippen LogP contribution < -0.4 is 20.4 Å². The van der Waals surface area contributed by atoms with Crippen LogP contribution >= 0.6 is 0 Å². The summed E-state index contributed by atoms with van der Waals surface area (Å²) in [5.41, 5.74) is 4.01. The number of nitriles is 2. The molecule has 2 atom stereocenters. The fourth-order valence-corrected chi connectivity index (χ4v) is 8.06. The normalized spacial score (nSPS) is 21.0. The van der Waals surface area contributed by atoms with E-state index in [1.165, 1.54) is 12.6 Å². The molecular weight excluding hydrogens is 711 g/mol. The van der Waals surface area contributed by atoms with Crippen LogP contribution in [-0.4, -0.2) is 101 Å². The Hall–Kier alpha value is -6.46. The third-order valence-electron chi connectivity index (χ3n) is 11.2. The van der Waals surface area contributed by atoms with Crippen molar-refractivity contribution >= 4 is 40.2 Å². The third-order valence-corrected chi connectivity index (χ3v) is 11.2.